The van der Waals surface area contributed by atoms with E-state index in [1.165, 1.54) is 4.88 Å². The van der Waals surface area contributed by atoms with E-state index in [0.29, 0.717) is 17.7 Å². The van der Waals surface area contributed by atoms with Crippen molar-refractivity contribution >= 4 is 17.2 Å². The Morgan fingerprint density at radius 3 is 2.50 bits per heavy atom. The van der Waals surface area contributed by atoms with Gasteiger partial charge in [-0.2, -0.15) is 5.26 Å². The molecular weight excluding hydrogens is 342 g/mol. The number of aromatic nitrogens is 1. The number of nitriles is 1. The number of carbonyl (C=O) groups is 1. The first-order valence-corrected chi connectivity index (χ1v) is 9.21. The highest BCUT2D eigenvalue weighted by atomic mass is 32.1. The average Bonchev–Trinajstić information content (AvgIpc) is 2.98. The Labute approximate surface area is 157 Å². The molecule has 0 aliphatic carbocycles. The van der Waals surface area contributed by atoms with E-state index in [9.17, 15) is 10.1 Å². The fraction of sp³-hybridized carbons (Fsp3) is 0.190. The number of nitrogens with one attached hydrogen (secondary N) is 1. The van der Waals surface area contributed by atoms with Crippen molar-refractivity contribution in [1.82, 2.24) is 10.3 Å². The maximum atomic E-state index is 12.7. The third-order valence-electron chi connectivity index (χ3n) is 4.15. The molecule has 1 aromatic heterocycles. The van der Waals surface area contributed by atoms with E-state index >= 15 is 0 Å². The minimum absolute atomic E-state index is 0.132. The van der Waals surface area contributed by atoms with Gasteiger partial charge in [0.05, 0.1) is 22.3 Å². The molecule has 0 fully saturated rings. The Hall–Kier alpha value is -2.97. The van der Waals surface area contributed by atoms with Crippen molar-refractivity contribution in [2.45, 2.75) is 20.3 Å². The van der Waals surface area contributed by atoms with Gasteiger partial charge in [-0.05, 0) is 31.5 Å². The van der Waals surface area contributed by atoms with Crippen LogP contribution in [0.25, 0.3) is 11.1 Å². The van der Waals surface area contributed by atoms with Crippen LogP contribution < -0.4 is 5.32 Å². The number of carbonyl (C=O) groups excluding carboxylic acids is 1. The van der Waals surface area contributed by atoms with Crippen LogP contribution in [0.4, 0.5) is 0 Å². The van der Waals surface area contributed by atoms with Crippen molar-refractivity contribution in [3.05, 3.63) is 75.2 Å². The molecule has 0 aliphatic rings. The van der Waals surface area contributed by atoms with Gasteiger partial charge in [0.25, 0.3) is 5.91 Å². The van der Waals surface area contributed by atoms with Crippen LogP contribution in [-0.4, -0.2) is 17.4 Å². The van der Waals surface area contributed by atoms with Gasteiger partial charge in [0, 0.05) is 29.0 Å². The van der Waals surface area contributed by atoms with Crippen molar-refractivity contribution in [3.63, 3.8) is 0 Å². The summed E-state index contributed by atoms with van der Waals surface area (Å²) in [5.41, 5.74) is 3.71. The molecule has 0 unspecified atom stereocenters. The lowest BCUT2D eigenvalue weighted by Gasteiger charge is -2.11. The zero-order valence-electron chi connectivity index (χ0n) is 14.7. The molecule has 0 bridgehead atoms. The standard InChI is InChI=1S/C21H19N3OS/c1-14-20(26-15(2)24-14)11-12-23-21(25)19-10-6-5-9-18(19)17-8-4-3-7-16(17)13-22/h3-10H,11-12H2,1-2H3,(H,23,25). The van der Waals surface area contributed by atoms with Crippen molar-refractivity contribution in [1.29, 1.82) is 5.26 Å². The SMILES string of the molecule is Cc1nc(C)c(CCNC(=O)c2ccccc2-c2ccccc2C#N)s1. The van der Waals surface area contributed by atoms with Crippen LogP contribution in [0.2, 0.25) is 0 Å². The first-order chi connectivity index (χ1) is 12.6. The molecule has 0 spiro atoms. The fourth-order valence-corrected chi connectivity index (χ4v) is 3.86. The van der Waals surface area contributed by atoms with E-state index in [2.05, 4.69) is 16.4 Å². The molecule has 4 nitrogen and oxygen atoms in total. The van der Waals surface area contributed by atoms with Crippen LogP contribution in [0.3, 0.4) is 0 Å². The number of hydrogen-bond donors (Lipinski definition) is 1. The molecule has 0 radical (unpaired) electrons. The second-order valence-corrected chi connectivity index (χ2v) is 7.24. The average molecular weight is 361 g/mol. The van der Waals surface area contributed by atoms with Gasteiger partial charge in [-0.1, -0.05) is 36.4 Å². The quantitative estimate of drug-likeness (QED) is 0.738. The molecule has 1 amide bonds. The fourth-order valence-electron chi connectivity index (χ4n) is 2.92. The number of aryl methyl sites for hydroxylation is 2. The normalized spacial score (nSPS) is 10.3. The number of thiazole rings is 1. The Bertz CT molecular complexity index is 985. The minimum Gasteiger partial charge on any atom is -0.352 e. The highest BCUT2D eigenvalue weighted by Gasteiger charge is 2.14. The molecule has 3 aromatic rings. The van der Waals surface area contributed by atoms with Crippen molar-refractivity contribution in [2.75, 3.05) is 6.54 Å². The predicted octanol–water partition coefficient (Wildman–Crippen LogP) is 4.27. The monoisotopic (exact) mass is 361 g/mol. The Kier molecular flexibility index (Phi) is 5.45. The van der Waals surface area contributed by atoms with Crippen LogP contribution in [0, 0.1) is 25.2 Å². The maximum Gasteiger partial charge on any atom is 0.251 e. The zero-order chi connectivity index (χ0) is 18.5. The van der Waals surface area contributed by atoms with Crippen LogP contribution in [0.5, 0.6) is 0 Å². The van der Waals surface area contributed by atoms with Gasteiger partial charge in [-0.15, -0.1) is 11.3 Å². The van der Waals surface area contributed by atoms with Crippen molar-refractivity contribution < 1.29 is 4.79 Å². The van der Waals surface area contributed by atoms with Crippen LogP contribution >= 0.6 is 11.3 Å². The summed E-state index contributed by atoms with van der Waals surface area (Å²) in [6.07, 6.45) is 0.764. The third-order valence-corrected chi connectivity index (χ3v) is 5.28. The van der Waals surface area contributed by atoms with E-state index in [-0.39, 0.29) is 5.91 Å². The molecule has 2 aromatic carbocycles. The molecule has 1 N–H and O–H groups in total. The molecule has 0 saturated heterocycles. The zero-order valence-corrected chi connectivity index (χ0v) is 15.6. The molecule has 5 heteroatoms. The highest BCUT2D eigenvalue weighted by molar-refractivity contribution is 7.11. The van der Waals surface area contributed by atoms with E-state index in [0.717, 1.165) is 28.2 Å². The summed E-state index contributed by atoms with van der Waals surface area (Å²) in [7, 11) is 0. The molecular formula is C21H19N3OS. The number of nitrogens with zero attached hydrogens (tertiary/aromatic N) is 2. The summed E-state index contributed by atoms with van der Waals surface area (Å²) >= 11 is 1.67. The number of benzene rings is 2. The van der Waals surface area contributed by atoms with Gasteiger partial charge in [0.1, 0.15) is 0 Å². The van der Waals surface area contributed by atoms with Crippen LogP contribution in [0.1, 0.15) is 31.5 Å². The summed E-state index contributed by atoms with van der Waals surface area (Å²) in [5.74, 6) is -0.132. The van der Waals surface area contributed by atoms with E-state index in [4.69, 9.17) is 0 Å². The lowest BCUT2D eigenvalue weighted by atomic mass is 9.95. The van der Waals surface area contributed by atoms with Gasteiger partial charge in [-0.3, -0.25) is 4.79 Å². The second kappa shape index (κ2) is 7.94. The van der Waals surface area contributed by atoms with E-state index in [1.807, 2.05) is 50.2 Å². The van der Waals surface area contributed by atoms with E-state index < -0.39 is 0 Å². The van der Waals surface area contributed by atoms with Crippen LogP contribution in [-0.2, 0) is 6.42 Å². The summed E-state index contributed by atoms with van der Waals surface area (Å²) in [5, 5.41) is 13.4. The smallest absolute Gasteiger partial charge is 0.251 e. The molecule has 3 rings (SSSR count). The van der Waals surface area contributed by atoms with Crippen molar-refractivity contribution in [3.8, 4) is 17.2 Å². The molecule has 26 heavy (non-hydrogen) atoms. The van der Waals surface area contributed by atoms with Gasteiger partial charge in [0.2, 0.25) is 0 Å². The van der Waals surface area contributed by atoms with Crippen molar-refractivity contribution in [2.24, 2.45) is 0 Å². The third kappa shape index (κ3) is 3.81. The largest absolute Gasteiger partial charge is 0.352 e. The van der Waals surface area contributed by atoms with Gasteiger partial charge >= 0.3 is 0 Å². The van der Waals surface area contributed by atoms with Gasteiger partial charge in [0.15, 0.2) is 0 Å². The second-order valence-electron chi connectivity index (χ2n) is 5.95. The highest BCUT2D eigenvalue weighted by Crippen LogP contribution is 2.26. The first-order valence-electron chi connectivity index (χ1n) is 8.40. The number of amides is 1. The van der Waals surface area contributed by atoms with Gasteiger partial charge in [-0.25, -0.2) is 4.98 Å². The summed E-state index contributed by atoms with van der Waals surface area (Å²) in [4.78, 5) is 18.3. The summed E-state index contributed by atoms with van der Waals surface area (Å²) in [6, 6.07) is 16.9. The first kappa shape index (κ1) is 17.8. The predicted molar refractivity (Wildman–Crippen MR) is 104 cm³/mol. The minimum atomic E-state index is -0.132. The molecule has 1 heterocycles. The number of hydrogen-bond acceptors (Lipinski definition) is 4. The lowest BCUT2D eigenvalue weighted by Crippen LogP contribution is -2.26. The molecule has 0 saturated carbocycles. The molecule has 0 aliphatic heterocycles. The van der Waals surface area contributed by atoms with Crippen LogP contribution in [0.15, 0.2) is 48.5 Å². The molecule has 130 valence electrons. The lowest BCUT2D eigenvalue weighted by molar-refractivity contribution is 0.0955. The van der Waals surface area contributed by atoms with Gasteiger partial charge < -0.3 is 5.32 Å². The topological polar surface area (TPSA) is 65.8 Å². The Morgan fingerprint density at radius 2 is 1.81 bits per heavy atom. The Balaban J connectivity index is 1.78. The molecule has 0 atom stereocenters. The summed E-state index contributed by atoms with van der Waals surface area (Å²) < 4.78 is 0. The van der Waals surface area contributed by atoms with E-state index in [1.54, 1.807) is 23.5 Å². The maximum absolute atomic E-state index is 12.7. The summed E-state index contributed by atoms with van der Waals surface area (Å²) in [6.45, 7) is 4.53. The number of rotatable bonds is 5. The Morgan fingerprint density at radius 1 is 1.12 bits per heavy atom.